The molecule has 2 aromatic carbocycles. The number of benzene rings is 1. The fourth-order valence-electron chi connectivity index (χ4n) is 2.99. The van der Waals surface area contributed by atoms with Crippen molar-refractivity contribution >= 4 is 23.0 Å². The van der Waals surface area contributed by atoms with Gasteiger partial charge in [-0.25, -0.2) is 0 Å². The van der Waals surface area contributed by atoms with Crippen molar-refractivity contribution in [2.75, 3.05) is 24.7 Å². The van der Waals surface area contributed by atoms with E-state index in [0.29, 0.717) is 5.92 Å². The van der Waals surface area contributed by atoms with Crippen molar-refractivity contribution in [1.82, 2.24) is 4.90 Å². The monoisotopic (exact) mass is 387 g/mol. The first kappa shape index (κ1) is 21.5. The topological polar surface area (TPSA) is 98.7 Å². The third kappa shape index (κ3) is 4.71. The number of amides is 1. The van der Waals surface area contributed by atoms with E-state index >= 15 is 0 Å². The molecule has 0 saturated heterocycles. The average molecular weight is 387 g/mol. The maximum Gasteiger partial charge on any atom is 0.257 e. The van der Waals surface area contributed by atoms with Crippen LogP contribution >= 0.6 is 0 Å². The minimum atomic E-state index is -0.638. The van der Waals surface area contributed by atoms with Gasteiger partial charge in [-0.2, -0.15) is 0 Å². The molecule has 7 nitrogen and oxygen atoms in total. The van der Waals surface area contributed by atoms with Gasteiger partial charge in [-0.3, -0.25) is 14.4 Å². The van der Waals surface area contributed by atoms with Crippen LogP contribution in [0, 0.1) is 5.92 Å². The van der Waals surface area contributed by atoms with Gasteiger partial charge in [-0.1, -0.05) is 32.8 Å². The largest absolute Gasteiger partial charge is 0.505 e. The number of carbonyl (C=O) groups excluding carboxylic acids is 1. The summed E-state index contributed by atoms with van der Waals surface area (Å²) in [6.45, 7) is 6.30. The minimum absolute atomic E-state index is 0.0397. The molecule has 0 fully saturated rings. The van der Waals surface area contributed by atoms with Crippen molar-refractivity contribution in [1.29, 1.82) is 0 Å². The molecular weight excluding hydrogens is 358 g/mol. The highest BCUT2D eigenvalue weighted by atomic mass is 16.3. The van der Waals surface area contributed by atoms with Crippen LogP contribution in [-0.2, 0) is 0 Å². The van der Waals surface area contributed by atoms with E-state index in [-0.39, 0.29) is 40.3 Å². The Labute approximate surface area is 165 Å². The van der Waals surface area contributed by atoms with Crippen molar-refractivity contribution in [3.05, 3.63) is 44.2 Å². The van der Waals surface area contributed by atoms with Crippen molar-refractivity contribution < 1.29 is 9.90 Å². The number of hydrogen-bond donors (Lipinski definition) is 3. The average Bonchev–Trinajstić information content (AvgIpc) is 2.64. The third-order valence-corrected chi connectivity index (χ3v) is 4.65. The summed E-state index contributed by atoms with van der Waals surface area (Å²) in [4.78, 5) is 37.5. The van der Waals surface area contributed by atoms with Gasteiger partial charge in [0, 0.05) is 20.1 Å². The Morgan fingerprint density at radius 1 is 1.07 bits per heavy atom. The molecule has 2 rings (SSSR count). The Hall–Kier alpha value is -2.83. The van der Waals surface area contributed by atoms with Crippen LogP contribution in [0.3, 0.4) is 0 Å². The van der Waals surface area contributed by atoms with Gasteiger partial charge in [-0.15, -0.1) is 0 Å². The van der Waals surface area contributed by atoms with Crippen molar-refractivity contribution in [3.63, 3.8) is 0 Å². The molecule has 0 spiro atoms. The molecule has 0 aromatic heterocycles. The normalized spacial score (nSPS) is 12.2. The molecular formula is C21H29N3O4. The Bertz CT molecular complexity index is 911. The highest BCUT2D eigenvalue weighted by Gasteiger charge is 2.24. The molecule has 28 heavy (non-hydrogen) atoms. The van der Waals surface area contributed by atoms with E-state index in [9.17, 15) is 19.5 Å². The van der Waals surface area contributed by atoms with E-state index in [0.717, 1.165) is 19.3 Å². The van der Waals surface area contributed by atoms with Crippen LogP contribution in [-0.4, -0.2) is 36.1 Å². The number of anilines is 3. The maximum absolute atomic E-state index is 12.2. The van der Waals surface area contributed by atoms with Gasteiger partial charge in [0.1, 0.15) is 11.4 Å². The van der Waals surface area contributed by atoms with Crippen LogP contribution in [0.2, 0.25) is 0 Å². The Morgan fingerprint density at radius 2 is 1.71 bits per heavy atom. The van der Waals surface area contributed by atoms with E-state index in [1.54, 1.807) is 26.2 Å². The highest BCUT2D eigenvalue weighted by molar-refractivity contribution is 5.99. The molecule has 2 aromatic rings. The fraction of sp³-hybridized carbons (Fsp3) is 0.476. The van der Waals surface area contributed by atoms with Crippen molar-refractivity contribution in [2.45, 2.75) is 46.1 Å². The first-order valence-electron chi connectivity index (χ1n) is 9.54. The van der Waals surface area contributed by atoms with Crippen LogP contribution in [0.25, 0.3) is 0 Å². The van der Waals surface area contributed by atoms with Crippen LogP contribution in [0.5, 0.6) is 5.75 Å². The lowest BCUT2D eigenvalue weighted by molar-refractivity contribution is 0.0824. The summed E-state index contributed by atoms with van der Waals surface area (Å²) in [5.41, 5.74) is -0.546. The van der Waals surface area contributed by atoms with Crippen LogP contribution in [0.15, 0.2) is 27.8 Å². The summed E-state index contributed by atoms with van der Waals surface area (Å²) < 4.78 is 0. The summed E-state index contributed by atoms with van der Waals surface area (Å²) >= 11 is 0. The first-order chi connectivity index (χ1) is 13.1. The summed E-state index contributed by atoms with van der Waals surface area (Å²) in [6, 6.07) is 4.69. The number of aromatic hydroxyl groups is 1. The lowest BCUT2D eigenvalue weighted by Gasteiger charge is -2.21. The van der Waals surface area contributed by atoms with E-state index in [1.807, 2.05) is 6.92 Å². The number of phenolic OH excluding ortho intramolecular Hbond substituents is 1. The van der Waals surface area contributed by atoms with Crippen molar-refractivity contribution in [2.24, 2.45) is 5.92 Å². The predicted molar refractivity (Wildman–Crippen MR) is 113 cm³/mol. The molecule has 0 unspecified atom stereocenters. The number of hydrogen-bond acceptors (Lipinski definition) is 6. The van der Waals surface area contributed by atoms with Crippen LogP contribution in [0.1, 0.15) is 50.4 Å². The Kier molecular flexibility index (Phi) is 6.83. The second-order valence-electron chi connectivity index (χ2n) is 7.80. The minimum Gasteiger partial charge on any atom is -0.505 e. The molecule has 1 amide bonds. The highest BCUT2D eigenvalue weighted by Crippen LogP contribution is 2.32. The molecule has 0 radical (unpaired) electrons. The van der Waals surface area contributed by atoms with Crippen LogP contribution < -0.4 is 21.5 Å². The zero-order valence-electron chi connectivity index (χ0n) is 17.1. The smallest absolute Gasteiger partial charge is 0.257 e. The zero-order chi connectivity index (χ0) is 21.0. The number of rotatable bonds is 9. The molecule has 0 heterocycles. The molecule has 1 atom stereocenters. The second kappa shape index (κ2) is 8.91. The number of para-hydroxylation sites is 1. The molecule has 0 bridgehead atoms. The summed E-state index contributed by atoms with van der Waals surface area (Å²) in [6.07, 6.45) is 3.01. The molecule has 7 heteroatoms. The fourth-order valence-corrected chi connectivity index (χ4v) is 2.99. The lowest BCUT2D eigenvalue weighted by Crippen LogP contribution is -2.38. The van der Waals surface area contributed by atoms with Gasteiger partial charge in [0.05, 0.1) is 11.3 Å². The quantitative estimate of drug-likeness (QED) is 0.452. The summed E-state index contributed by atoms with van der Waals surface area (Å²) in [5, 5.41) is 16.3. The van der Waals surface area contributed by atoms with Crippen LogP contribution in [0.4, 0.5) is 17.1 Å². The van der Waals surface area contributed by atoms with Gasteiger partial charge in [0.2, 0.25) is 0 Å². The first-order valence-corrected chi connectivity index (χ1v) is 9.54. The maximum atomic E-state index is 12.2. The third-order valence-electron chi connectivity index (χ3n) is 4.65. The van der Waals surface area contributed by atoms with Gasteiger partial charge in [-0.05, 0) is 31.4 Å². The molecule has 0 aliphatic carbocycles. The lowest BCUT2D eigenvalue weighted by atomic mass is 10.0. The molecule has 0 aliphatic heterocycles. The molecule has 152 valence electrons. The summed E-state index contributed by atoms with van der Waals surface area (Å²) in [7, 11) is 3.17. The standard InChI is InChI=1S/C21H29N3O4/c1-12(2)8-6-9-13(3)22-16-17(20(27)19(16)26)23-15-11-7-10-14(18(15)25)21(28)24(4)5/h7,10-13,22-23,25H,6,8-9H2,1-5H3/t13-/m1/s1. The van der Waals surface area contributed by atoms with Gasteiger partial charge < -0.3 is 20.6 Å². The van der Waals surface area contributed by atoms with Gasteiger partial charge in [0.15, 0.2) is 5.75 Å². The SMILES string of the molecule is CC(C)CCC[C@@H](C)Nc1c(Nc2cccc(C(=O)N(C)C)c2O)c(=O)c1=O. The number of carbonyl (C=O) groups is 1. The number of phenols is 1. The number of nitrogens with zero attached hydrogens (tertiary/aromatic N) is 1. The molecule has 0 saturated carbocycles. The molecule has 0 aliphatic rings. The van der Waals surface area contributed by atoms with Gasteiger partial charge >= 0.3 is 0 Å². The second-order valence-corrected chi connectivity index (χ2v) is 7.80. The predicted octanol–water partition coefficient (Wildman–Crippen LogP) is 3.06. The van der Waals surface area contributed by atoms with Crippen molar-refractivity contribution in [3.8, 4) is 5.75 Å². The van der Waals surface area contributed by atoms with E-state index in [2.05, 4.69) is 24.5 Å². The van der Waals surface area contributed by atoms with E-state index in [1.165, 1.54) is 11.0 Å². The summed E-state index contributed by atoms with van der Waals surface area (Å²) in [5.74, 6) is 0.00382. The number of nitrogens with one attached hydrogen (secondary N) is 2. The Balaban J connectivity index is 2.17. The van der Waals surface area contributed by atoms with Gasteiger partial charge in [0.25, 0.3) is 16.8 Å². The Morgan fingerprint density at radius 3 is 2.32 bits per heavy atom. The van der Waals surface area contributed by atoms with E-state index in [4.69, 9.17) is 0 Å². The van der Waals surface area contributed by atoms with E-state index < -0.39 is 10.9 Å². The molecule has 3 N–H and O–H groups in total. The zero-order valence-corrected chi connectivity index (χ0v) is 17.1.